The van der Waals surface area contributed by atoms with Crippen LogP contribution in [-0.4, -0.2) is 71.7 Å². The van der Waals surface area contributed by atoms with E-state index in [-0.39, 0.29) is 12.0 Å². The predicted molar refractivity (Wildman–Crippen MR) is 128 cm³/mol. The van der Waals surface area contributed by atoms with Gasteiger partial charge in [0.25, 0.3) is 0 Å². The Bertz CT molecular complexity index is 926. The lowest BCUT2D eigenvalue weighted by molar-refractivity contribution is -0.120. The molecule has 1 N–H and O–H groups in total. The second kappa shape index (κ2) is 10.4. The first-order valence-corrected chi connectivity index (χ1v) is 11.9. The van der Waals surface area contributed by atoms with Crippen LogP contribution in [0.3, 0.4) is 0 Å². The third kappa shape index (κ3) is 7.03. The van der Waals surface area contributed by atoms with Gasteiger partial charge in [-0.3, -0.25) is 9.69 Å². The zero-order valence-corrected chi connectivity index (χ0v) is 20.6. The summed E-state index contributed by atoms with van der Waals surface area (Å²) in [6.07, 6.45) is 0.0795. The van der Waals surface area contributed by atoms with Crippen LogP contribution < -0.4 is 5.32 Å². The summed E-state index contributed by atoms with van der Waals surface area (Å²) in [4.78, 5) is 34.4. The molecule has 1 aromatic heterocycles. The Balaban J connectivity index is 1.43. The Hall–Kier alpha value is -2.45. The van der Waals surface area contributed by atoms with E-state index < -0.39 is 5.60 Å². The SMILES string of the molecule is Cc1ccc(-c2nc(C)sc2CC(=O)NCCN2CCN(C(=O)OC(C)(C)C)CC2)cc1. The lowest BCUT2D eigenvalue weighted by Gasteiger charge is -2.35. The van der Waals surface area contributed by atoms with E-state index in [4.69, 9.17) is 4.74 Å². The number of hydrogen-bond acceptors (Lipinski definition) is 6. The summed E-state index contributed by atoms with van der Waals surface area (Å²) in [5.74, 6) is 0.00871. The van der Waals surface area contributed by atoms with Crippen LogP contribution in [0.5, 0.6) is 0 Å². The molecule has 0 saturated carbocycles. The number of aromatic nitrogens is 1. The first-order chi connectivity index (χ1) is 15.1. The molecule has 2 heterocycles. The molecule has 0 radical (unpaired) electrons. The lowest BCUT2D eigenvalue weighted by atomic mass is 10.1. The van der Waals surface area contributed by atoms with E-state index >= 15 is 0 Å². The molecular weight excluding hydrogens is 424 g/mol. The van der Waals surface area contributed by atoms with Gasteiger partial charge < -0.3 is 15.0 Å². The minimum absolute atomic E-state index is 0.00871. The van der Waals surface area contributed by atoms with E-state index in [9.17, 15) is 9.59 Å². The van der Waals surface area contributed by atoms with Gasteiger partial charge in [0, 0.05) is 49.7 Å². The molecule has 2 aromatic rings. The van der Waals surface area contributed by atoms with Gasteiger partial charge in [0.15, 0.2) is 0 Å². The minimum Gasteiger partial charge on any atom is -0.444 e. The number of amides is 2. The number of carbonyl (C=O) groups excluding carboxylic acids is 2. The number of ether oxygens (including phenoxy) is 1. The Morgan fingerprint density at radius 2 is 1.75 bits per heavy atom. The van der Waals surface area contributed by atoms with Crippen molar-refractivity contribution in [1.82, 2.24) is 20.1 Å². The van der Waals surface area contributed by atoms with Crippen LogP contribution in [0.25, 0.3) is 11.3 Å². The van der Waals surface area contributed by atoms with Crippen molar-refractivity contribution in [3.63, 3.8) is 0 Å². The second-order valence-corrected chi connectivity index (χ2v) is 10.5. The number of hydrogen-bond donors (Lipinski definition) is 1. The summed E-state index contributed by atoms with van der Waals surface area (Å²) in [6.45, 7) is 13.8. The molecule has 0 atom stereocenters. The van der Waals surface area contributed by atoms with E-state index in [1.807, 2.05) is 27.7 Å². The van der Waals surface area contributed by atoms with Crippen molar-refractivity contribution in [2.45, 2.75) is 46.6 Å². The molecular formula is C24H34N4O3S. The molecule has 1 saturated heterocycles. The molecule has 1 aliphatic heterocycles. The first kappa shape index (κ1) is 24.2. The average Bonchev–Trinajstić information content (AvgIpc) is 3.07. The monoisotopic (exact) mass is 458 g/mol. The zero-order chi connectivity index (χ0) is 23.3. The summed E-state index contributed by atoms with van der Waals surface area (Å²) >= 11 is 1.58. The summed E-state index contributed by atoms with van der Waals surface area (Å²) in [7, 11) is 0. The number of aryl methyl sites for hydroxylation is 2. The highest BCUT2D eigenvalue weighted by Gasteiger charge is 2.25. The van der Waals surface area contributed by atoms with Crippen molar-refractivity contribution in [3.05, 3.63) is 39.7 Å². The quantitative estimate of drug-likeness (QED) is 0.715. The second-order valence-electron chi connectivity index (χ2n) is 9.21. The van der Waals surface area contributed by atoms with Crippen LogP contribution in [0, 0.1) is 13.8 Å². The fourth-order valence-electron chi connectivity index (χ4n) is 3.57. The van der Waals surface area contributed by atoms with E-state index in [0.29, 0.717) is 26.1 Å². The molecule has 2 amide bonds. The molecule has 7 nitrogen and oxygen atoms in total. The fraction of sp³-hybridized carbons (Fsp3) is 0.542. The van der Waals surface area contributed by atoms with Crippen LogP contribution in [0.2, 0.25) is 0 Å². The maximum absolute atomic E-state index is 12.6. The largest absolute Gasteiger partial charge is 0.444 e. The molecule has 1 aromatic carbocycles. The molecule has 0 bridgehead atoms. The number of nitrogens with zero attached hydrogens (tertiary/aromatic N) is 3. The molecule has 0 unspecified atom stereocenters. The molecule has 174 valence electrons. The van der Waals surface area contributed by atoms with Gasteiger partial charge in [-0.05, 0) is 34.6 Å². The van der Waals surface area contributed by atoms with Crippen molar-refractivity contribution in [1.29, 1.82) is 0 Å². The number of thiazole rings is 1. The van der Waals surface area contributed by atoms with Crippen LogP contribution in [0.15, 0.2) is 24.3 Å². The van der Waals surface area contributed by atoms with E-state index in [1.165, 1.54) is 5.56 Å². The highest BCUT2D eigenvalue weighted by molar-refractivity contribution is 7.12. The molecule has 1 fully saturated rings. The number of piperazine rings is 1. The number of benzene rings is 1. The molecule has 8 heteroatoms. The van der Waals surface area contributed by atoms with Gasteiger partial charge in [-0.2, -0.15) is 0 Å². The van der Waals surface area contributed by atoms with Gasteiger partial charge >= 0.3 is 6.09 Å². The Labute approximate surface area is 194 Å². The number of nitrogens with one attached hydrogen (secondary N) is 1. The first-order valence-electron chi connectivity index (χ1n) is 11.1. The standard InChI is InChI=1S/C24H34N4O3S/c1-17-6-8-19(9-7-17)22-20(32-18(2)26-22)16-21(29)25-10-11-27-12-14-28(15-13-27)23(30)31-24(3,4)5/h6-9H,10-16H2,1-5H3,(H,25,29). The zero-order valence-electron chi connectivity index (χ0n) is 19.7. The van der Waals surface area contributed by atoms with Gasteiger partial charge in [-0.15, -0.1) is 11.3 Å². The average molecular weight is 459 g/mol. The van der Waals surface area contributed by atoms with Crippen LogP contribution >= 0.6 is 11.3 Å². The van der Waals surface area contributed by atoms with E-state index in [1.54, 1.807) is 16.2 Å². The summed E-state index contributed by atoms with van der Waals surface area (Å²) in [5, 5.41) is 4.00. The summed E-state index contributed by atoms with van der Waals surface area (Å²) < 4.78 is 5.44. The number of rotatable bonds is 6. The van der Waals surface area contributed by atoms with Gasteiger partial charge in [0.2, 0.25) is 5.91 Å². The lowest BCUT2D eigenvalue weighted by Crippen LogP contribution is -2.51. The Kier molecular flexibility index (Phi) is 7.90. The van der Waals surface area contributed by atoms with Crippen LogP contribution in [0.1, 0.15) is 36.2 Å². The van der Waals surface area contributed by atoms with Gasteiger partial charge in [0.05, 0.1) is 17.1 Å². The topological polar surface area (TPSA) is 74.8 Å². The highest BCUT2D eigenvalue weighted by atomic mass is 32.1. The predicted octanol–water partition coefficient (Wildman–Crippen LogP) is 3.64. The normalized spacial score (nSPS) is 15.0. The summed E-state index contributed by atoms with van der Waals surface area (Å²) in [6, 6.07) is 8.25. The highest BCUT2D eigenvalue weighted by Crippen LogP contribution is 2.28. The molecule has 0 spiro atoms. The van der Waals surface area contributed by atoms with Crippen molar-refractivity contribution in [2.24, 2.45) is 0 Å². The summed E-state index contributed by atoms with van der Waals surface area (Å²) in [5.41, 5.74) is 2.67. The third-order valence-corrected chi connectivity index (χ3v) is 6.20. The smallest absolute Gasteiger partial charge is 0.410 e. The third-order valence-electron chi connectivity index (χ3n) is 5.22. The van der Waals surface area contributed by atoms with Gasteiger partial charge in [-0.1, -0.05) is 29.8 Å². The van der Waals surface area contributed by atoms with Crippen molar-refractivity contribution < 1.29 is 14.3 Å². The van der Waals surface area contributed by atoms with Crippen molar-refractivity contribution >= 4 is 23.3 Å². The fourth-order valence-corrected chi connectivity index (χ4v) is 4.53. The van der Waals surface area contributed by atoms with E-state index in [2.05, 4.69) is 46.4 Å². The molecule has 3 rings (SSSR count). The van der Waals surface area contributed by atoms with Crippen LogP contribution in [-0.2, 0) is 16.0 Å². The maximum atomic E-state index is 12.6. The van der Waals surface area contributed by atoms with Crippen molar-refractivity contribution in [3.8, 4) is 11.3 Å². The van der Waals surface area contributed by atoms with Crippen LogP contribution in [0.4, 0.5) is 4.79 Å². The molecule has 1 aliphatic rings. The number of carbonyl (C=O) groups is 2. The molecule has 32 heavy (non-hydrogen) atoms. The minimum atomic E-state index is -0.478. The Morgan fingerprint density at radius 3 is 2.38 bits per heavy atom. The maximum Gasteiger partial charge on any atom is 0.410 e. The van der Waals surface area contributed by atoms with Gasteiger partial charge in [0.1, 0.15) is 5.60 Å². The van der Waals surface area contributed by atoms with Crippen molar-refractivity contribution in [2.75, 3.05) is 39.3 Å². The molecule has 0 aliphatic carbocycles. The van der Waals surface area contributed by atoms with Gasteiger partial charge in [-0.25, -0.2) is 9.78 Å². The van der Waals surface area contributed by atoms with E-state index in [0.717, 1.165) is 40.8 Å². The Morgan fingerprint density at radius 1 is 1.09 bits per heavy atom.